The maximum absolute atomic E-state index is 3.52. The van der Waals surface area contributed by atoms with E-state index in [1.54, 1.807) is 0 Å². The van der Waals surface area contributed by atoms with Gasteiger partial charge in [0, 0.05) is 44.6 Å². The average Bonchev–Trinajstić information content (AvgIpc) is 2.33. The van der Waals surface area contributed by atoms with Crippen molar-refractivity contribution >= 4 is 15.9 Å². The molecule has 2 aliphatic rings. The normalized spacial score (nSPS) is 26.1. The van der Waals surface area contributed by atoms with Gasteiger partial charge < -0.3 is 4.90 Å². The second-order valence-corrected chi connectivity index (χ2v) is 6.13. The lowest BCUT2D eigenvalue weighted by molar-refractivity contribution is 0.114. The lowest BCUT2D eigenvalue weighted by Crippen LogP contribution is -2.48. The minimum Gasteiger partial charge on any atom is -0.301 e. The molecule has 0 unspecified atom stereocenters. The summed E-state index contributed by atoms with van der Waals surface area (Å²) in [6, 6.07) is 0. The van der Waals surface area contributed by atoms with Gasteiger partial charge in [-0.2, -0.15) is 0 Å². The molecular weight excluding hydrogens is 264 g/mol. The van der Waals surface area contributed by atoms with Gasteiger partial charge in [-0.25, -0.2) is 0 Å². The van der Waals surface area contributed by atoms with E-state index in [0.717, 1.165) is 11.2 Å². The van der Waals surface area contributed by atoms with E-state index in [9.17, 15) is 0 Å². The summed E-state index contributed by atoms with van der Waals surface area (Å²) in [6.45, 7) is 7.74. The van der Waals surface area contributed by atoms with Crippen LogP contribution in [0, 0.1) is 5.92 Å². The van der Waals surface area contributed by atoms with Crippen molar-refractivity contribution in [3.05, 3.63) is 0 Å². The van der Waals surface area contributed by atoms with Crippen LogP contribution in [0.15, 0.2) is 0 Å². The van der Waals surface area contributed by atoms with E-state index in [-0.39, 0.29) is 0 Å². The molecule has 1 saturated heterocycles. The fourth-order valence-electron chi connectivity index (χ4n) is 3.05. The summed E-state index contributed by atoms with van der Waals surface area (Å²) in [4.78, 5) is 5.27. The van der Waals surface area contributed by atoms with Gasteiger partial charge in [-0.15, -0.1) is 0 Å². The van der Waals surface area contributed by atoms with Gasteiger partial charge >= 0.3 is 0 Å². The molecule has 0 aromatic heterocycles. The van der Waals surface area contributed by atoms with Crippen LogP contribution >= 0.6 is 15.9 Å². The Hall–Kier alpha value is 0.400. The minimum absolute atomic E-state index is 1.01. The fraction of sp³-hybridized carbons (Fsp3) is 1.00. The summed E-state index contributed by atoms with van der Waals surface area (Å²) in [7, 11) is 0. The summed E-state index contributed by atoms with van der Waals surface area (Å²) < 4.78 is 0. The maximum Gasteiger partial charge on any atom is 0.0159 e. The number of hydrogen-bond donors (Lipinski definition) is 0. The molecule has 0 N–H and O–H groups in total. The van der Waals surface area contributed by atoms with E-state index in [1.165, 1.54) is 71.4 Å². The fourth-order valence-corrected chi connectivity index (χ4v) is 3.55. The van der Waals surface area contributed by atoms with Crippen LogP contribution in [0.4, 0.5) is 0 Å². The first kappa shape index (κ1) is 12.8. The van der Waals surface area contributed by atoms with Gasteiger partial charge in [-0.3, -0.25) is 4.90 Å². The predicted molar refractivity (Wildman–Crippen MR) is 73.2 cm³/mol. The summed E-state index contributed by atoms with van der Waals surface area (Å²) >= 11 is 3.52. The smallest absolute Gasteiger partial charge is 0.0159 e. The van der Waals surface area contributed by atoms with E-state index < -0.39 is 0 Å². The van der Waals surface area contributed by atoms with Crippen LogP contribution in [0.2, 0.25) is 0 Å². The van der Waals surface area contributed by atoms with Gasteiger partial charge in [-0.05, 0) is 18.8 Å². The van der Waals surface area contributed by atoms with Crippen LogP contribution in [-0.4, -0.2) is 54.4 Å². The number of alkyl halides is 1. The quantitative estimate of drug-likeness (QED) is 0.734. The Labute approximate surface area is 108 Å². The Morgan fingerprint density at radius 3 is 2.12 bits per heavy atom. The molecule has 16 heavy (non-hydrogen) atoms. The summed E-state index contributed by atoms with van der Waals surface area (Å²) in [5.74, 6) is 1.01. The van der Waals surface area contributed by atoms with E-state index in [0.29, 0.717) is 0 Å². The molecule has 2 rings (SSSR count). The van der Waals surface area contributed by atoms with Crippen molar-refractivity contribution in [3.63, 3.8) is 0 Å². The molecule has 0 spiro atoms. The molecule has 0 radical (unpaired) electrons. The third-order valence-corrected chi connectivity index (χ3v) is 4.46. The zero-order chi connectivity index (χ0) is 11.2. The first-order valence-corrected chi connectivity index (χ1v) is 8.01. The Morgan fingerprint density at radius 1 is 0.875 bits per heavy atom. The van der Waals surface area contributed by atoms with Crippen molar-refractivity contribution in [1.29, 1.82) is 0 Å². The highest BCUT2D eigenvalue weighted by molar-refractivity contribution is 9.09. The SMILES string of the molecule is BrCCN1CCN(CC2CCCCC2)CC1. The molecule has 2 fully saturated rings. The van der Waals surface area contributed by atoms with E-state index in [4.69, 9.17) is 0 Å². The van der Waals surface area contributed by atoms with Crippen LogP contribution in [0.25, 0.3) is 0 Å². The molecule has 1 aliphatic carbocycles. The zero-order valence-corrected chi connectivity index (χ0v) is 11.9. The number of piperazine rings is 1. The van der Waals surface area contributed by atoms with Crippen molar-refractivity contribution in [1.82, 2.24) is 9.80 Å². The lowest BCUT2D eigenvalue weighted by Gasteiger charge is -2.37. The van der Waals surface area contributed by atoms with Crippen LogP contribution in [0.1, 0.15) is 32.1 Å². The topological polar surface area (TPSA) is 6.48 Å². The molecule has 0 amide bonds. The highest BCUT2D eigenvalue weighted by Crippen LogP contribution is 2.24. The number of halogens is 1. The minimum atomic E-state index is 1.01. The molecule has 2 nitrogen and oxygen atoms in total. The molecule has 94 valence electrons. The zero-order valence-electron chi connectivity index (χ0n) is 10.3. The molecule has 1 heterocycles. The molecule has 0 bridgehead atoms. The van der Waals surface area contributed by atoms with Crippen molar-refractivity contribution < 1.29 is 0 Å². The molecule has 1 aliphatic heterocycles. The van der Waals surface area contributed by atoms with Gasteiger partial charge in [0.1, 0.15) is 0 Å². The predicted octanol–water partition coefficient (Wildman–Crippen LogP) is 2.58. The number of rotatable bonds is 4. The molecule has 0 atom stereocenters. The summed E-state index contributed by atoms with van der Waals surface area (Å²) in [6.07, 6.45) is 7.42. The van der Waals surface area contributed by atoms with E-state index in [1.807, 2.05) is 0 Å². The second kappa shape index (κ2) is 6.97. The van der Waals surface area contributed by atoms with Gasteiger partial charge in [0.05, 0.1) is 0 Å². The van der Waals surface area contributed by atoms with Crippen molar-refractivity contribution in [2.75, 3.05) is 44.6 Å². The Balaban J connectivity index is 1.64. The third kappa shape index (κ3) is 4.01. The van der Waals surface area contributed by atoms with E-state index in [2.05, 4.69) is 25.7 Å². The highest BCUT2D eigenvalue weighted by atomic mass is 79.9. The molecular formula is C13H25BrN2. The summed E-state index contributed by atoms with van der Waals surface area (Å²) in [5.41, 5.74) is 0. The first-order valence-electron chi connectivity index (χ1n) is 6.89. The van der Waals surface area contributed by atoms with Crippen molar-refractivity contribution in [2.24, 2.45) is 5.92 Å². The molecule has 0 aromatic rings. The molecule has 0 aromatic carbocycles. The number of nitrogens with zero attached hydrogens (tertiary/aromatic N) is 2. The van der Waals surface area contributed by atoms with Crippen LogP contribution < -0.4 is 0 Å². The third-order valence-electron chi connectivity index (χ3n) is 4.11. The van der Waals surface area contributed by atoms with Gasteiger partial charge in [0.2, 0.25) is 0 Å². The van der Waals surface area contributed by atoms with Crippen LogP contribution in [0.5, 0.6) is 0 Å². The van der Waals surface area contributed by atoms with Gasteiger partial charge in [-0.1, -0.05) is 35.2 Å². The molecule has 1 saturated carbocycles. The number of hydrogen-bond acceptors (Lipinski definition) is 2. The van der Waals surface area contributed by atoms with Gasteiger partial charge in [0.15, 0.2) is 0 Å². The van der Waals surface area contributed by atoms with Crippen molar-refractivity contribution in [3.8, 4) is 0 Å². The Morgan fingerprint density at radius 2 is 1.50 bits per heavy atom. The van der Waals surface area contributed by atoms with Crippen molar-refractivity contribution in [2.45, 2.75) is 32.1 Å². The average molecular weight is 289 g/mol. The maximum atomic E-state index is 3.52. The van der Waals surface area contributed by atoms with E-state index >= 15 is 0 Å². The Bertz CT molecular complexity index is 184. The largest absolute Gasteiger partial charge is 0.301 e. The standard InChI is InChI=1S/C13H25BrN2/c14-6-7-15-8-10-16(11-9-15)12-13-4-2-1-3-5-13/h13H,1-12H2. The lowest BCUT2D eigenvalue weighted by atomic mass is 9.89. The highest BCUT2D eigenvalue weighted by Gasteiger charge is 2.20. The molecule has 3 heteroatoms. The van der Waals surface area contributed by atoms with Gasteiger partial charge in [0.25, 0.3) is 0 Å². The van der Waals surface area contributed by atoms with Crippen LogP contribution in [-0.2, 0) is 0 Å². The monoisotopic (exact) mass is 288 g/mol. The van der Waals surface area contributed by atoms with Crippen LogP contribution in [0.3, 0.4) is 0 Å². The first-order chi connectivity index (χ1) is 7.88. The second-order valence-electron chi connectivity index (χ2n) is 5.34. The summed E-state index contributed by atoms with van der Waals surface area (Å²) in [5, 5.41) is 1.12. The Kier molecular flexibility index (Phi) is 5.60.